The van der Waals surface area contributed by atoms with Crippen molar-refractivity contribution in [2.24, 2.45) is 0 Å². The fourth-order valence-corrected chi connectivity index (χ4v) is 4.24. The molecule has 0 radical (unpaired) electrons. The molecule has 0 aliphatic carbocycles. The van der Waals surface area contributed by atoms with E-state index in [2.05, 4.69) is 32.3 Å². The fraction of sp³-hybridized carbons (Fsp3) is 0.333. The normalized spacial score (nSPS) is 14.2. The number of hydrogen-bond donors (Lipinski definition) is 1. The van der Waals surface area contributed by atoms with E-state index < -0.39 is 5.60 Å². The molecule has 1 N–H and O–H groups in total. The maximum Gasteiger partial charge on any atom is 0.410 e. The van der Waals surface area contributed by atoms with Crippen molar-refractivity contribution >= 4 is 34.4 Å². The van der Waals surface area contributed by atoms with E-state index in [1.54, 1.807) is 17.3 Å². The summed E-state index contributed by atoms with van der Waals surface area (Å²) in [6, 6.07) is 16.1. The molecule has 0 atom stereocenters. The van der Waals surface area contributed by atoms with Crippen LogP contribution in [0.3, 0.4) is 0 Å². The third-order valence-corrected chi connectivity index (χ3v) is 5.98. The number of hydrogen-bond acceptors (Lipinski definition) is 7. The molecule has 1 aromatic carbocycles. The average Bonchev–Trinajstić information content (AvgIpc) is 3.22. The quantitative estimate of drug-likeness (QED) is 0.439. The number of rotatable bonds is 4. The van der Waals surface area contributed by atoms with Gasteiger partial charge in [-0.25, -0.2) is 19.4 Å². The van der Waals surface area contributed by atoms with E-state index >= 15 is 0 Å². The van der Waals surface area contributed by atoms with Crippen LogP contribution in [0.2, 0.25) is 0 Å². The molecule has 5 rings (SSSR count). The highest BCUT2D eigenvalue weighted by atomic mass is 16.6. The Bertz CT molecular complexity index is 1380. The maximum atomic E-state index is 12.4. The van der Waals surface area contributed by atoms with E-state index in [1.165, 1.54) is 0 Å². The Labute approximate surface area is 210 Å². The number of nitrogens with one attached hydrogen (secondary N) is 1. The molecule has 1 fully saturated rings. The molecular formula is C27H31N7O2. The highest BCUT2D eigenvalue weighted by molar-refractivity contribution is 5.92. The summed E-state index contributed by atoms with van der Waals surface area (Å²) in [7, 11) is 0. The summed E-state index contributed by atoms with van der Waals surface area (Å²) in [5, 5.41) is 9.26. The minimum Gasteiger partial charge on any atom is -0.444 e. The zero-order chi connectivity index (χ0) is 25.3. The number of fused-ring (bicyclic) bond motifs is 1. The second kappa shape index (κ2) is 9.49. The molecule has 1 aliphatic heterocycles. The number of ether oxygens (including phenoxy) is 1. The standard InChI is InChI=1S/C27H31N7O2/c1-19-9-11-28-23(17-19)30-25-21-7-5-6-8-22(21)34(31-25)20-10-12-29-24(18-20)32-13-15-33(16-14-32)26(35)36-27(2,3)4/h5-12,17-18H,13-16H2,1-4H3,(H,28,30,31). The van der Waals surface area contributed by atoms with E-state index in [9.17, 15) is 4.79 Å². The Morgan fingerprint density at radius 2 is 1.72 bits per heavy atom. The Balaban J connectivity index is 1.38. The van der Waals surface area contributed by atoms with Gasteiger partial charge in [-0.1, -0.05) is 12.1 Å². The summed E-state index contributed by atoms with van der Waals surface area (Å²) in [6.45, 7) is 10.2. The van der Waals surface area contributed by atoms with Crippen LogP contribution in [-0.4, -0.2) is 62.5 Å². The van der Waals surface area contributed by atoms with E-state index in [0.29, 0.717) is 26.2 Å². The van der Waals surface area contributed by atoms with Crippen LogP contribution in [0.4, 0.5) is 22.2 Å². The zero-order valence-corrected chi connectivity index (χ0v) is 21.1. The molecule has 0 bridgehead atoms. The number of carbonyl (C=O) groups excluding carboxylic acids is 1. The lowest BCUT2D eigenvalue weighted by atomic mass is 10.2. The summed E-state index contributed by atoms with van der Waals surface area (Å²) in [5.74, 6) is 2.35. The van der Waals surface area contributed by atoms with Crippen molar-refractivity contribution in [1.82, 2.24) is 24.6 Å². The smallest absolute Gasteiger partial charge is 0.410 e. The van der Waals surface area contributed by atoms with Crippen molar-refractivity contribution in [3.63, 3.8) is 0 Å². The SMILES string of the molecule is Cc1ccnc(Nc2nn(-c3ccnc(N4CCN(C(=O)OC(C)(C)C)CC4)c3)c3ccccc23)c1. The molecule has 36 heavy (non-hydrogen) atoms. The summed E-state index contributed by atoms with van der Waals surface area (Å²) in [5.41, 5.74) is 2.53. The second-order valence-corrected chi connectivity index (χ2v) is 9.95. The predicted octanol–water partition coefficient (Wildman–Crippen LogP) is 4.92. The fourth-order valence-electron chi connectivity index (χ4n) is 4.24. The number of para-hydroxylation sites is 1. The summed E-state index contributed by atoms with van der Waals surface area (Å²) in [6.07, 6.45) is 3.32. The summed E-state index contributed by atoms with van der Waals surface area (Å²) < 4.78 is 7.44. The monoisotopic (exact) mass is 485 g/mol. The van der Waals surface area contributed by atoms with Crippen LogP contribution >= 0.6 is 0 Å². The van der Waals surface area contributed by atoms with Gasteiger partial charge in [-0.15, -0.1) is 5.10 Å². The number of benzene rings is 1. The van der Waals surface area contributed by atoms with Gasteiger partial charge in [0.15, 0.2) is 5.82 Å². The highest BCUT2D eigenvalue weighted by Gasteiger charge is 2.26. The molecular weight excluding hydrogens is 454 g/mol. The molecule has 0 unspecified atom stereocenters. The molecule has 1 aliphatic rings. The zero-order valence-electron chi connectivity index (χ0n) is 21.1. The number of piperazine rings is 1. The van der Waals surface area contributed by atoms with Crippen LogP contribution in [0.5, 0.6) is 0 Å². The van der Waals surface area contributed by atoms with Crippen LogP contribution in [0, 0.1) is 6.92 Å². The van der Waals surface area contributed by atoms with Crippen LogP contribution < -0.4 is 10.2 Å². The summed E-state index contributed by atoms with van der Waals surface area (Å²) >= 11 is 0. The van der Waals surface area contributed by atoms with Gasteiger partial charge < -0.3 is 19.9 Å². The lowest BCUT2D eigenvalue weighted by Gasteiger charge is -2.36. The van der Waals surface area contributed by atoms with E-state index in [0.717, 1.165) is 39.6 Å². The number of carbonyl (C=O) groups is 1. The van der Waals surface area contributed by atoms with Gasteiger partial charge in [0.1, 0.15) is 17.2 Å². The number of nitrogens with zero attached hydrogens (tertiary/aromatic N) is 6. The third-order valence-electron chi connectivity index (χ3n) is 5.98. The van der Waals surface area contributed by atoms with Gasteiger partial charge >= 0.3 is 6.09 Å². The Kier molecular flexibility index (Phi) is 6.22. The molecule has 0 saturated carbocycles. The minimum atomic E-state index is -0.500. The minimum absolute atomic E-state index is 0.269. The first-order valence-electron chi connectivity index (χ1n) is 12.1. The van der Waals surface area contributed by atoms with Crippen molar-refractivity contribution in [1.29, 1.82) is 0 Å². The van der Waals surface area contributed by atoms with Gasteiger partial charge in [-0.3, -0.25) is 0 Å². The van der Waals surface area contributed by atoms with Crippen LogP contribution in [-0.2, 0) is 4.74 Å². The molecule has 9 nitrogen and oxygen atoms in total. The Morgan fingerprint density at radius 3 is 2.47 bits per heavy atom. The average molecular weight is 486 g/mol. The molecule has 4 heterocycles. The number of anilines is 3. The number of aryl methyl sites for hydroxylation is 1. The molecule has 1 amide bonds. The number of aromatic nitrogens is 4. The Hall–Kier alpha value is -4.14. The first kappa shape index (κ1) is 23.6. The molecule has 1 saturated heterocycles. The van der Waals surface area contributed by atoms with Crippen molar-refractivity contribution < 1.29 is 9.53 Å². The van der Waals surface area contributed by atoms with Crippen LogP contribution in [0.25, 0.3) is 16.6 Å². The largest absolute Gasteiger partial charge is 0.444 e. The lowest BCUT2D eigenvalue weighted by Crippen LogP contribution is -2.50. The summed E-state index contributed by atoms with van der Waals surface area (Å²) in [4.78, 5) is 25.4. The first-order chi connectivity index (χ1) is 17.3. The first-order valence-corrected chi connectivity index (χ1v) is 12.1. The van der Waals surface area contributed by atoms with Gasteiger partial charge in [-0.2, -0.15) is 0 Å². The van der Waals surface area contributed by atoms with Crippen LogP contribution in [0.1, 0.15) is 26.3 Å². The second-order valence-electron chi connectivity index (χ2n) is 9.95. The van der Waals surface area contributed by atoms with E-state index in [4.69, 9.17) is 9.84 Å². The van der Waals surface area contributed by atoms with Crippen LogP contribution in [0.15, 0.2) is 60.9 Å². The number of amides is 1. The van der Waals surface area contributed by atoms with Gasteiger partial charge in [0.2, 0.25) is 0 Å². The van der Waals surface area contributed by atoms with Crippen molar-refractivity contribution in [3.05, 3.63) is 66.5 Å². The molecule has 9 heteroatoms. The number of pyridine rings is 2. The molecule has 0 spiro atoms. The third kappa shape index (κ3) is 5.10. The topological polar surface area (TPSA) is 88.4 Å². The Morgan fingerprint density at radius 1 is 0.972 bits per heavy atom. The van der Waals surface area contributed by atoms with Crippen molar-refractivity contribution in [2.75, 3.05) is 36.4 Å². The van der Waals surface area contributed by atoms with E-state index in [1.807, 2.05) is 68.8 Å². The molecule has 4 aromatic rings. The van der Waals surface area contributed by atoms with Gasteiger partial charge in [0, 0.05) is 50.0 Å². The maximum absolute atomic E-state index is 12.4. The van der Waals surface area contributed by atoms with Crippen molar-refractivity contribution in [2.45, 2.75) is 33.3 Å². The van der Waals surface area contributed by atoms with Crippen molar-refractivity contribution in [3.8, 4) is 5.69 Å². The van der Waals surface area contributed by atoms with E-state index in [-0.39, 0.29) is 6.09 Å². The molecule has 186 valence electrons. The molecule has 3 aromatic heterocycles. The van der Waals surface area contributed by atoms with Gasteiger partial charge in [-0.05, 0) is 63.6 Å². The van der Waals surface area contributed by atoms with Gasteiger partial charge in [0.25, 0.3) is 0 Å². The highest BCUT2D eigenvalue weighted by Crippen LogP contribution is 2.29. The predicted molar refractivity (Wildman–Crippen MR) is 141 cm³/mol. The van der Waals surface area contributed by atoms with Gasteiger partial charge in [0.05, 0.1) is 11.2 Å². The lowest BCUT2D eigenvalue weighted by molar-refractivity contribution is 0.0240.